The van der Waals surface area contributed by atoms with Crippen molar-refractivity contribution in [1.29, 1.82) is 0 Å². The second kappa shape index (κ2) is 5.67. The number of aromatic amines is 1. The van der Waals surface area contributed by atoms with Gasteiger partial charge in [-0.05, 0) is 44.5 Å². The predicted octanol–water partition coefficient (Wildman–Crippen LogP) is 2.97. The predicted molar refractivity (Wildman–Crippen MR) is 82.8 cm³/mol. The van der Waals surface area contributed by atoms with Gasteiger partial charge in [-0.2, -0.15) is 0 Å². The van der Waals surface area contributed by atoms with E-state index in [0.29, 0.717) is 12.1 Å². The van der Waals surface area contributed by atoms with Gasteiger partial charge in [-0.25, -0.2) is 4.98 Å². The van der Waals surface area contributed by atoms with Crippen LogP contribution in [0.4, 0.5) is 5.69 Å². The summed E-state index contributed by atoms with van der Waals surface area (Å²) in [6, 6.07) is 9.81. The number of piperidine rings is 1. The highest BCUT2D eigenvalue weighted by Crippen LogP contribution is 2.22. The number of hydrogen-bond donors (Lipinski definition) is 2. The van der Waals surface area contributed by atoms with E-state index in [9.17, 15) is 0 Å². The summed E-state index contributed by atoms with van der Waals surface area (Å²) in [7, 11) is 2.21. The molecule has 1 aromatic heterocycles. The Morgan fingerprint density at radius 1 is 1.30 bits per heavy atom. The zero-order chi connectivity index (χ0) is 13.9. The fraction of sp³-hybridized carbons (Fsp3) is 0.438. The first-order valence-electron chi connectivity index (χ1n) is 7.28. The monoisotopic (exact) mass is 270 g/mol. The molecule has 2 unspecified atom stereocenters. The number of imidazole rings is 1. The number of hydrogen-bond acceptors (Lipinski definition) is 3. The standard InChI is InChI=1S/C16H22N4/c1-12-9-15(7-8-20(12)2)19-14-5-3-13(4-6-14)16-10-17-11-18-16/h3-6,10-12,15,19H,7-9H2,1-2H3,(H,17,18). The Morgan fingerprint density at radius 3 is 2.75 bits per heavy atom. The fourth-order valence-electron chi connectivity index (χ4n) is 2.82. The van der Waals surface area contributed by atoms with Crippen molar-refractivity contribution in [2.45, 2.75) is 31.8 Å². The Hall–Kier alpha value is -1.81. The number of anilines is 1. The lowest BCUT2D eigenvalue weighted by molar-refractivity contribution is 0.190. The number of rotatable bonds is 3. The van der Waals surface area contributed by atoms with E-state index >= 15 is 0 Å². The van der Waals surface area contributed by atoms with Gasteiger partial charge in [-0.3, -0.25) is 0 Å². The molecule has 0 bridgehead atoms. The molecule has 2 aromatic rings. The third-order valence-electron chi connectivity index (χ3n) is 4.27. The Kier molecular flexibility index (Phi) is 3.74. The molecule has 4 heteroatoms. The van der Waals surface area contributed by atoms with E-state index in [1.807, 2.05) is 6.20 Å². The average molecular weight is 270 g/mol. The van der Waals surface area contributed by atoms with Crippen LogP contribution in [0.2, 0.25) is 0 Å². The van der Waals surface area contributed by atoms with Crippen LogP contribution < -0.4 is 5.32 Å². The Labute approximate surface area is 120 Å². The molecular weight excluding hydrogens is 248 g/mol. The number of benzene rings is 1. The van der Waals surface area contributed by atoms with Crippen molar-refractivity contribution in [1.82, 2.24) is 14.9 Å². The van der Waals surface area contributed by atoms with Gasteiger partial charge >= 0.3 is 0 Å². The first-order chi connectivity index (χ1) is 9.72. The summed E-state index contributed by atoms with van der Waals surface area (Å²) in [5, 5.41) is 3.65. The van der Waals surface area contributed by atoms with Gasteiger partial charge in [0, 0.05) is 24.3 Å². The van der Waals surface area contributed by atoms with Gasteiger partial charge in [0.25, 0.3) is 0 Å². The second-order valence-corrected chi connectivity index (χ2v) is 5.74. The molecule has 4 nitrogen and oxygen atoms in total. The summed E-state index contributed by atoms with van der Waals surface area (Å²) < 4.78 is 0. The molecular formula is C16H22N4. The summed E-state index contributed by atoms with van der Waals surface area (Å²) in [6.07, 6.45) is 5.98. The minimum atomic E-state index is 0.583. The quantitative estimate of drug-likeness (QED) is 0.901. The molecule has 2 N–H and O–H groups in total. The van der Waals surface area contributed by atoms with E-state index in [0.717, 1.165) is 5.69 Å². The van der Waals surface area contributed by atoms with Crippen molar-refractivity contribution in [2.24, 2.45) is 0 Å². The van der Waals surface area contributed by atoms with E-state index in [2.05, 4.69) is 58.4 Å². The van der Waals surface area contributed by atoms with Crippen LogP contribution in [0.25, 0.3) is 11.3 Å². The lowest BCUT2D eigenvalue weighted by Gasteiger charge is -2.35. The van der Waals surface area contributed by atoms with Crippen LogP contribution in [0.5, 0.6) is 0 Å². The lowest BCUT2D eigenvalue weighted by Crippen LogP contribution is -2.42. The van der Waals surface area contributed by atoms with Crippen molar-refractivity contribution in [2.75, 3.05) is 18.9 Å². The largest absolute Gasteiger partial charge is 0.382 e. The minimum absolute atomic E-state index is 0.583. The van der Waals surface area contributed by atoms with E-state index < -0.39 is 0 Å². The first kappa shape index (κ1) is 13.2. The topological polar surface area (TPSA) is 44.0 Å². The molecule has 2 heterocycles. The van der Waals surface area contributed by atoms with Crippen LogP contribution in [-0.4, -0.2) is 40.5 Å². The minimum Gasteiger partial charge on any atom is -0.382 e. The third-order valence-corrected chi connectivity index (χ3v) is 4.27. The molecule has 1 aromatic carbocycles. The molecule has 2 atom stereocenters. The molecule has 1 aliphatic rings. The number of nitrogens with one attached hydrogen (secondary N) is 2. The molecule has 1 aliphatic heterocycles. The number of H-pyrrole nitrogens is 1. The Balaban J connectivity index is 1.64. The zero-order valence-electron chi connectivity index (χ0n) is 12.1. The molecule has 0 amide bonds. The highest BCUT2D eigenvalue weighted by atomic mass is 15.1. The third kappa shape index (κ3) is 2.85. The number of likely N-dealkylation sites (tertiary alicyclic amines) is 1. The van der Waals surface area contributed by atoms with Gasteiger partial charge in [0.15, 0.2) is 0 Å². The molecule has 0 aliphatic carbocycles. The lowest BCUT2D eigenvalue weighted by atomic mass is 9.98. The van der Waals surface area contributed by atoms with Gasteiger partial charge in [-0.15, -0.1) is 0 Å². The van der Waals surface area contributed by atoms with Crippen molar-refractivity contribution >= 4 is 5.69 Å². The van der Waals surface area contributed by atoms with E-state index in [4.69, 9.17) is 0 Å². The van der Waals surface area contributed by atoms with Crippen LogP contribution in [0.1, 0.15) is 19.8 Å². The van der Waals surface area contributed by atoms with Crippen LogP contribution in [-0.2, 0) is 0 Å². The molecule has 1 saturated heterocycles. The smallest absolute Gasteiger partial charge is 0.0924 e. The Bertz CT molecular complexity index is 532. The van der Waals surface area contributed by atoms with Crippen LogP contribution in [0.15, 0.2) is 36.8 Å². The van der Waals surface area contributed by atoms with Gasteiger partial charge in [0.1, 0.15) is 0 Å². The average Bonchev–Trinajstić information content (AvgIpc) is 2.98. The highest BCUT2D eigenvalue weighted by Gasteiger charge is 2.22. The van der Waals surface area contributed by atoms with Crippen molar-refractivity contribution < 1.29 is 0 Å². The van der Waals surface area contributed by atoms with Gasteiger partial charge in [0.2, 0.25) is 0 Å². The molecule has 0 spiro atoms. The summed E-state index contributed by atoms with van der Waals surface area (Å²) in [5.74, 6) is 0. The Morgan fingerprint density at radius 2 is 2.10 bits per heavy atom. The summed E-state index contributed by atoms with van der Waals surface area (Å²) in [6.45, 7) is 3.47. The maximum absolute atomic E-state index is 4.05. The molecule has 20 heavy (non-hydrogen) atoms. The molecule has 0 saturated carbocycles. The summed E-state index contributed by atoms with van der Waals surface area (Å²) in [4.78, 5) is 9.61. The van der Waals surface area contributed by atoms with Crippen LogP contribution >= 0.6 is 0 Å². The van der Waals surface area contributed by atoms with Gasteiger partial charge in [-0.1, -0.05) is 12.1 Å². The van der Waals surface area contributed by atoms with Crippen LogP contribution in [0, 0.1) is 0 Å². The molecule has 1 fully saturated rings. The second-order valence-electron chi connectivity index (χ2n) is 5.74. The molecule has 0 radical (unpaired) electrons. The SMILES string of the molecule is CC1CC(Nc2ccc(-c3cnc[nH]3)cc2)CCN1C. The normalized spacial score (nSPS) is 23.7. The zero-order valence-corrected chi connectivity index (χ0v) is 12.1. The number of aromatic nitrogens is 2. The molecule has 3 rings (SSSR count). The van der Waals surface area contributed by atoms with E-state index in [1.54, 1.807) is 6.33 Å². The first-order valence-corrected chi connectivity index (χ1v) is 7.28. The summed E-state index contributed by atoms with van der Waals surface area (Å²) >= 11 is 0. The maximum atomic E-state index is 4.05. The van der Waals surface area contributed by atoms with Crippen molar-refractivity contribution in [3.8, 4) is 11.3 Å². The maximum Gasteiger partial charge on any atom is 0.0924 e. The highest BCUT2D eigenvalue weighted by molar-refractivity contribution is 5.62. The van der Waals surface area contributed by atoms with E-state index in [1.165, 1.54) is 30.6 Å². The van der Waals surface area contributed by atoms with Gasteiger partial charge in [0.05, 0.1) is 18.2 Å². The van der Waals surface area contributed by atoms with Gasteiger partial charge < -0.3 is 15.2 Å². The van der Waals surface area contributed by atoms with E-state index in [-0.39, 0.29) is 0 Å². The fourth-order valence-corrected chi connectivity index (χ4v) is 2.82. The molecule has 106 valence electrons. The summed E-state index contributed by atoms with van der Waals surface area (Å²) in [5.41, 5.74) is 3.43. The van der Waals surface area contributed by atoms with Crippen molar-refractivity contribution in [3.63, 3.8) is 0 Å². The van der Waals surface area contributed by atoms with Crippen molar-refractivity contribution in [3.05, 3.63) is 36.8 Å². The van der Waals surface area contributed by atoms with Crippen LogP contribution in [0.3, 0.4) is 0 Å². The number of nitrogens with zero attached hydrogens (tertiary/aromatic N) is 2.